The highest BCUT2D eigenvalue weighted by Crippen LogP contribution is 2.51. The first-order chi connectivity index (χ1) is 19.1. The highest BCUT2D eigenvalue weighted by molar-refractivity contribution is 7.26. The topological polar surface area (TPSA) is 9.86 Å². The maximum atomic E-state index is 2.47. The van der Waals surface area contributed by atoms with Crippen molar-refractivity contribution in [3.8, 4) is 11.4 Å². The lowest BCUT2D eigenvalue weighted by Crippen LogP contribution is -2.16. The van der Waals surface area contributed by atoms with Crippen molar-refractivity contribution in [2.24, 2.45) is 0 Å². The first-order valence-corrected chi connectivity index (χ1v) is 16.6. The average molecular weight is 573 g/mol. The van der Waals surface area contributed by atoms with E-state index in [2.05, 4.69) is 105 Å². The third-order valence-electron chi connectivity index (χ3n) is 8.82. The van der Waals surface area contributed by atoms with Crippen molar-refractivity contribution in [3.63, 3.8) is 0 Å². The molecular formula is C33H20N2S4. The van der Waals surface area contributed by atoms with Crippen LogP contribution in [0.15, 0.2) is 82.2 Å². The second-order valence-electron chi connectivity index (χ2n) is 11.1. The van der Waals surface area contributed by atoms with Crippen molar-refractivity contribution in [2.75, 3.05) is 0 Å². The van der Waals surface area contributed by atoms with Gasteiger partial charge in [0.05, 0.1) is 40.9 Å². The van der Waals surface area contributed by atoms with Crippen LogP contribution >= 0.6 is 45.3 Å². The van der Waals surface area contributed by atoms with Crippen molar-refractivity contribution in [3.05, 3.63) is 93.3 Å². The summed E-state index contributed by atoms with van der Waals surface area (Å²) in [6.07, 6.45) is 0. The van der Waals surface area contributed by atoms with Crippen molar-refractivity contribution in [2.45, 2.75) is 19.3 Å². The number of fused-ring (bicyclic) bond motifs is 6. The molecule has 10 rings (SSSR count). The van der Waals surface area contributed by atoms with E-state index in [4.69, 9.17) is 0 Å². The molecule has 6 heteroatoms. The van der Waals surface area contributed by atoms with Gasteiger partial charge in [-0.3, -0.25) is 0 Å². The van der Waals surface area contributed by atoms with E-state index in [1.165, 1.54) is 84.9 Å². The summed E-state index contributed by atoms with van der Waals surface area (Å²) in [5.74, 6) is 0. The number of aromatic nitrogens is 2. The first-order valence-electron chi connectivity index (χ1n) is 13.1. The van der Waals surface area contributed by atoms with Gasteiger partial charge in [-0.25, -0.2) is 0 Å². The van der Waals surface area contributed by atoms with Gasteiger partial charge in [0.1, 0.15) is 0 Å². The van der Waals surface area contributed by atoms with Crippen molar-refractivity contribution >= 4 is 108 Å². The number of hydrogen-bond acceptors (Lipinski definition) is 4. The summed E-state index contributed by atoms with van der Waals surface area (Å²) in [6, 6.07) is 23.5. The molecule has 0 saturated carbocycles. The Bertz CT molecular complexity index is 2210. The molecule has 39 heavy (non-hydrogen) atoms. The van der Waals surface area contributed by atoms with Crippen molar-refractivity contribution in [1.82, 2.24) is 9.13 Å². The zero-order valence-electron chi connectivity index (χ0n) is 21.1. The minimum atomic E-state index is -0.102. The van der Waals surface area contributed by atoms with Gasteiger partial charge in [0.15, 0.2) is 0 Å². The lowest BCUT2D eigenvalue weighted by atomic mass is 9.81. The van der Waals surface area contributed by atoms with Gasteiger partial charge >= 0.3 is 0 Å². The number of thiophene rings is 4. The molecule has 2 nitrogen and oxygen atoms in total. The Labute approximate surface area is 239 Å². The number of hydrogen-bond donors (Lipinski definition) is 0. The molecule has 0 N–H and O–H groups in total. The summed E-state index contributed by atoms with van der Waals surface area (Å²) in [4.78, 5) is 0. The average Bonchev–Trinajstić information content (AvgIpc) is 3.74. The van der Waals surface area contributed by atoms with E-state index in [0.29, 0.717) is 0 Å². The molecule has 0 saturated heterocycles. The van der Waals surface area contributed by atoms with Gasteiger partial charge < -0.3 is 9.13 Å². The number of rotatable bonds is 2. The Hall–Kier alpha value is -3.42. The molecule has 0 radical (unpaired) electrons. The number of nitrogens with zero attached hydrogens (tertiary/aromatic N) is 2. The first kappa shape index (κ1) is 21.4. The summed E-state index contributed by atoms with van der Waals surface area (Å²) >= 11 is 7.40. The van der Waals surface area contributed by atoms with E-state index in [-0.39, 0.29) is 5.41 Å². The lowest BCUT2D eigenvalue weighted by Gasteiger charge is -2.24. The molecule has 0 bridgehead atoms. The lowest BCUT2D eigenvalue weighted by molar-refractivity contribution is 0.662. The second kappa shape index (κ2) is 7.01. The minimum Gasteiger partial charge on any atom is -0.307 e. The molecule has 1 aliphatic carbocycles. The standard InChI is InChI=1S/C33H20N2S4/c1-33(2)21-15-19(34-23-5-9-36-29(23)30-24(34)6-10-37-30)13-17-3-4-18-14-20(16-22(33)28(18)27(17)21)35-25-7-11-38-31(25)32-26(35)8-12-39-32/h3-16H,1-2H3. The van der Waals surface area contributed by atoms with Crippen LogP contribution in [-0.4, -0.2) is 9.13 Å². The molecule has 0 aliphatic heterocycles. The molecule has 0 amide bonds. The molecule has 0 spiro atoms. The maximum Gasteiger partial charge on any atom is 0.0704 e. The van der Waals surface area contributed by atoms with Crippen LogP contribution in [0.2, 0.25) is 0 Å². The minimum absolute atomic E-state index is 0.102. The Morgan fingerprint density at radius 2 is 0.846 bits per heavy atom. The number of benzene rings is 3. The second-order valence-corrected chi connectivity index (χ2v) is 14.7. The van der Waals surface area contributed by atoms with Crippen LogP contribution in [0.5, 0.6) is 0 Å². The normalized spacial score (nSPS) is 14.6. The Morgan fingerprint density at radius 1 is 0.487 bits per heavy atom. The Morgan fingerprint density at radius 3 is 1.21 bits per heavy atom. The molecule has 0 fully saturated rings. The smallest absolute Gasteiger partial charge is 0.0704 e. The fourth-order valence-corrected chi connectivity index (χ4v) is 11.0. The highest BCUT2D eigenvalue weighted by atomic mass is 32.1. The summed E-state index contributed by atoms with van der Waals surface area (Å²) < 4.78 is 10.5. The van der Waals surface area contributed by atoms with Crippen LogP contribution in [0.25, 0.3) is 73.8 Å². The molecule has 6 aromatic heterocycles. The Balaban J connectivity index is 1.27. The monoisotopic (exact) mass is 572 g/mol. The fraction of sp³-hybridized carbons (Fsp3) is 0.0909. The van der Waals surface area contributed by atoms with Crippen molar-refractivity contribution < 1.29 is 0 Å². The molecule has 3 aromatic carbocycles. The summed E-state index contributed by atoms with van der Waals surface area (Å²) in [6.45, 7) is 4.83. The predicted molar refractivity (Wildman–Crippen MR) is 174 cm³/mol. The largest absolute Gasteiger partial charge is 0.307 e. The zero-order chi connectivity index (χ0) is 25.6. The molecule has 1 aliphatic rings. The van der Waals surface area contributed by atoms with E-state index in [9.17, 15) is 0 Å². The molecular weight excluding hydrogens is 553 g/mol. The zero-order valence-corrected chi connectivity index (χ0v) is 24.4. The molecule has 0 atom stereocenters. The van der Waals surface area contributed by atoms with Gasteiger partial charge in [-0.1, -0.05) is 26.0 Å². The van der Waals surface area contributed by atoms with Gasteiger partial charge in [0.25, 0.3) is 0 Å². The van der Waals surface area contributed by atoms with E-state index < -0.39 is 0 Å². The van der Waals surface area contributed by atoms with Crippen molar-refractivity contribution in [1.29, 1.82) is 0 Å². The Kier molecular flexibility index (Phi) is 3.85. The summed E-state index contributed by atoms with van der Waals surface area (Å²) in [5, 5.41) is 14.4. The van der Waals surface area contributed by atoms with Gasteiger partial charge in [0.2, 0.25) is 0 Å². The van der Waals surface area contributed by atoms with E-state index >= 15 is 0 Å². The summed E-state index contributed by atoms with van der Waals surface area (Å²) in [7, 11) is 0. The SMILES string of the molecule is CC1(C)c2cc(-n3c4ccsc4c4sccc43)cc3ccc4cc(-n5c6ccsc6c6sccc65)cc1c4c23. The maximum absolute atomic E-state index is 2.47. The van der Waals surface area contributed by atoms with Gasteiger partial charge in [-0.05, 0) is 103 Å². The fourth-order valence-electron chi connectivity index (χ4n) is 7.10. The molecule has 9 aromatic rings. The molecule has 0 unspecified atom stereocenters. The quantitative estimate of drug-likeness (QED) is 0.182. The van der Waals surface area contributed by atoms with Crippen LogP contribution < -0.4 is 0 Å². The van der Waals surface area contributed by atoms with E-state index in [1.807, 2.05) is 45.3 Å². The van der Waals surface area contributed by atoms with Gasteiger partial charge in [-0.2, -0.15) is 0 Å². The highest BCUT2D eigenvalue weighted by Gasteiger charge is 2.35. The van der Waals surface area contributed by atoms with E-state index in [0.717, 1.165) is 0 Å². The third-order valence-corrected chi connectivity index (χ3v) is 12.8. The van der Waals surface area contributed by atoms with Crippen LogP contribution in [0.1, 0.15) is 25.0 Å². The van der Waals surface area contributed by atoms with Crippen LogP contribution in [0.4, 0.5) is 0 Å². The summed E-state index contributed by atoms with van der Waals surface area (Å²) in [5.41, 5.74) is 10.6. The van der Waals surface area contributed by atoms with Crippen LogP contribution in [0, 0.1) is 0 Å². The van der Waals surface area contributed by atoms with Gasteiger partial charge in [0, 0.05) is 16.8 Å². The van der Waals surface area contributed by atoms with Crippen LogP contribution in [-0.2, 0) is 5.41 Å². The molecule has 186 valence electrons. The molecule has 6 heterocycles. The van der Waals surface area contributed by atoms with Gasteiger partial charge in [-0.15, -0.1) is 45.3 Å². The predicted octanol–water partition coefficient (Wildman–Crippen LogP) is 11.1. The van der Waals surface area contributed by atoms with Crippen LogP contribution in [0.3, 0.4) is 0 Å². The van der Waals surface area contributed by atoms with E-state index in [1.54, 1.807) is 0 Å². The third kappa shape index (κ3) is 2.48.